The molecule has 0 aromatic carbocycles. The molecule has 0 radical (unpaired) electrons. The molecule has 0 aliphatic rings. The van der Waals surface area contributed by atoms with Crippen LogP contribution in [0.25, 0.3) is 0 Å². The fourth-order valence-corrected chi connectivity index (χ4v) is 1.98. The van der Waals surface area contributed by atoms with Crippen molar-refractivity contribution < 1.29 is 4.74 Å². The van der Waals surface area contributed by atoms with Crippen LogP contribution in [-0.4, -0.2) is 36.7 Å². The Morgan fingerprint density at radius 2 is 2.44 bits per heavy atom. The van der Waals surface area contributed by atoms with Crippen molar-refractivity contribution in [2.75, 3.05) is 32.5 Å². The number of rotatable bonds is 7. The van der Waals surface area contributed by atoms with Crippen molar-refractivity contribution in [2.24, 2.45) is 0 Å². The first-order valence-electron chi connectivity index (χ1n) is 4.78. The number of ether oxygens (including phenoxy) is 1. The first-order chi connectivity index (χ1) is 7.26. The van der Waals surface area contributed by atoms with Gasteiger partial charge in [-0.25, -0.2) is 4.98 Å². The van der Waals surface area contributed by atoms with E-state index in [0.717, 1.165) is 26.2 Å². The third kappa shape index (κ3) is 5.46. The fourth-order valence-electron chi connectivity index (χ4n) is 1.25. The molecular weight excluding hydrogens is 246 g/mol. The molecular formula is C10H18ClN3OS. The van der Waals surface area contributed by atoms with Gasteiger partial charge in [0.15, 0.2) is 5.13 Å². The highest BCUT2D eigenvalue weighted by Crippen LogP contribution is 2.16. The third-order valence-corrected chi connectivity index (χ3v) is 2.76. The lowest BCUT2D eigenvalue weighted by Gasteiger charge is -2.18. The zero-order valence-electron chi connectivity index (χ0n) is 9.39. The van der Waals surface area contributed by atoms with Gasteiger partial charge in [-0.15, -0.1) is 30.3 Å². The van der Waals surface area contributed by atoms with Gasteiger partial charge in [0.25, 0.3) is 0 Å². The summed E-state index contributed by atoms with van der Waals surface area (Å²) < 4.78 is 5.05. The van der Waals surface area contributed by atoms with Crippen molar-refractivity contribution in [2.45, 2.75) is 6.54 Å². The van der Waals surface area contributed by atoms with Gasteiger partial charge in [-0.05, 0) is 0 Å². The number of hydrogen-bond donors (Lipinski definition) is 1. The predicted octanol–water partition coefficient (Wildman–Crippen LogP) is 1.78. The highest BCUT2D eigenvalue weighted by Gasteiger charge is 2.06. The van der Waals surface area contributed by atoms with Crippen LogP contribution in [0.1, 0.15) is 4.88 Å². The summed E-state index contributed by atoms with van der Waals surface area (Å²) in [6.07, 6.45) is 3.71. The number of aromatic nitrogens is 1. The SMILES string of the molecule is C=CCN(CCOC)Cc1cnc(N)s1.Cl. The molecule has 6 heteroatoms. The van der Waals surface area contributed by atoms with E-state index in [2.05, 4.69) is 16.5 Å². The van der Waals surface area contributed by atoms with Gasteiger partial charge in [0.1, 0.15) is 0 Å². The maximum atomic E-state index is 5.57. The van der Waals surface area contributed by atoms with Crippen LogP contribution in [0, 0.1) is 0 Å². The van der Waals surface area contributed by atoms with Gasteiger partial charge in [-0.1, -0.05) is 6.08 Å². The van der Waals surface area contributed by atoms with E-state index in [-0.39, 0.29) is 12.4 Å². The maximum Gasteiger partial charge on any atom is 0.180 e. The van der Waals surface area contributed by atoms with E-state index in [1.54, 1.807) is 7.11 Å². The van der Waals surface area contributed by atoms with Crippen LogP contribution in [0.4, 0.5) is 5.13 Å². The summed E-state index contributed by atoms with van der Waals surface area (Å²) >= 11 is 1.53. The molecule has 2 N–H and O–H groups in total. The summed E-state index contributed by atoms with van der Waals surface area (Å²) in [7, 11) is 1.71. The van der Waals surface area contributed by atoms with Gasteiger partial charge < -0.3 is 10.5 Å². The van der Waals surface area contributed by atoms with Crippen LogP contribution in [0.5, 0.6) is 0 Å². The molecule has 1 aromatic rings. The zero-order chi connectivity index (χ0) is 11.1. The van der Waals surface area contributed by atoms with Crippen LogP contribution in [0.2, 0.25) is 0 Å². The molecule has 0 amide bonds. The molecule has 0 bridgehead atoms. The van der Waals surface area contributed by atoms with Gasteiger partial charge >= 0.3 is 0 Å². The van der Waals surface area contributed by atoms with Gasteiger partial charge in [0.2, 0.25) is 0 Å². The number of hydrogen-bond acceptors (Lipinski definition) is 5. The van der Waals surface area contributed by atoms with Crippen molar-refractivity contribution in [3.05, 3.63) is 23.7 Å². The number of nitrogen functional groups attached to an aromatic ring is 1. The Bertz CT molecular complexity index is 306. The standard InChI is InChI=1S/C10H17N3OS.ClH/c1-3-4-13(5-6-14-2)8-9-7-12-10(11)15-9;/h3,7H,1,4-6,8H2,2H3,(H2,11,12);1H. The molecule has 1 heterocycles. The maximum absolute atomic E-state index is 5.57. The van der Waals surface area contributed by atoms with Crippen molar-refractivity contribution in [1.29, 1.82) is 0 Å². The zero-order valence-corrected chi connectivity index (χ0v) is 11.0. The van der Waals surface area contributed by atoms with Crippen molar-refractivity contribution >= 4 is 28.9 Å². The van der Waals surface area contributed by atoms with E-state index in [1.165, 1.54) is 16.2 Å². The average molecular weight is 264 g/mol. The lowest BCUT2D eigenvalue weighted by molar-refractivity contribution is 0.151. The Hall–Kier alpha value is -0.620. The monoisotopic (exact) mass is 263 g/mol. The normalized spacial score (nSPS) is 10.1. The molecule has 1 aromatic heterocycles. The number of thiazole rings is 1. The van der Waals surface area contributed by atoms with Gasteiger partial charge in [0.05, 0.1) is 6.61 Å². The Morgan fingerprint density at radius 1 is 1.69 bits per heavy atom. The molecule has 92 valence electrons. The van der Waals surface area contributed by atoms with Gasteiger partial charge in [-0.2, -0.15) is 0 Å². The van der Waals surface area contributed by atoms with E-state index in [0.29, 0.717) is 5.13 Å². The molecule has 0 fully saturated rings. The molecule has 0 saturated heterocycles. The first kappa shape index (κ1) is 15.4. The molecule has 0 spiro atoms. The highest BCUT2D eigenvalue weighted by molar-refractivity contribution is 7.15. The molecule has 16 heavy (non-hydrogen) atoms. The summed E-state index contributed by atoms with van der Waals surface area (Å²) in [5.41, 5.74) is 5.57. The Labute approximate surface area is 107 Å². The minimum absolute atomic E-state index is 0. The van der Waals surface area contributed by atoms with E-state index < -0.39 is 0 Å². The summed E-state index contributed by atoms with van der Waals surface area (Å²) in [4.78, 5) is 7.43. The second kappa shape index (κ2) is 8.52. The van der Waals surface area contributed by atoms with E-state index in [4.69, 9.17) is 10.5 Å². The first-order valence-corrected chi connectivity index (χ1v) is 5.60. The molecule has 0 aliphatic heterocycles. The second-order valence-corrected chi connectivity index (χ2v) is 4.33. The van der Waals surface area contributed by atoms with E-state index in [9.17, 15) is 0 Å². The Balaban J connectivity index is 0.00000225. The minimum atomic E-state index is 0. The molecule has 4 nitrogen and oxygen atoms in total. The van der Waals surface area contributed by atoms with Crippen LogP contribution in [-0.2, 0) is 11.3 Å². The number of nitrogens with two attached hydrogens (primary N) is 1. The van der Waals surface area contributed by atoms with Gasteiger partial charge in [0, 0.05) is 37.8 Å². The highest BCUT2D eigenvalue weighted by atomic mass is 35.5. The van der Waals surface area contributed by atoms with Crippen molar-refractivity contribution in [3.8, 4) is 0 Å². The Kier molecular flexibility index (Phi) is 8.19. The molecule has 0 atom stereocenters. The largest absolute Gasteiger partial charge is 0.383 e. The number of nitrogens with zero attached hydrogens (tertiary/aromatic N) is 2. The molecule has 0 saturated carbocycles. The smallest absolute Gasteiger partial charge is 0.180 e. The fraction of sp³-hybridized carbons (Fsp3) is 0.500. The van der Waals surface area contributed by atoms with Crippen molar-refractivity contribution in [1.82, 2.24) is 9.88 Å². The van der Waals surface area contributed by atoms with E-state index >= 15 is 0 Å². The average Bonchev–Trinajstić information content (AvgIpc) is 2.61. The van der Waals surface area contributed by atoms with Crippen molar-refractivity contribution in [3.63, 3.8) is 0 Å². The number of anilines is 1. The van der Waals surface area contributed by atoms with Gasteiger partial charge in [-0.3, -0.25) is 4.90 Å². The van der Waals surface area contributed by atoms with E-state index in [1.807, 2.05) is 12.3 Å². The molecule has 0 unspecified atom stereocenters. The summed E-state index contributed by atoms with van der Waals surface area (Å²) in [5.74, 6) is 0. The number of halogens is 1. The summed E-state index contributed by atoms with van der Waals surface area (Å²) in [6.45, 7) is 7.05. The third-order valence-electron chi connectivity index (χ3n) is 1.95. The predicted molar refractivity (Wildman–Crippen MR) is 71.1 cm³/mol. The number of methoxy groups -OCH3 is 1. The lowest BCUT2D eigenvalue weighted by Crippen LogP contribution is -2.26. The van der Waals surface area contributed by atoms with Crippen LogP contribution >= 0.6 is 23.7 Å². The topological polar surface area (TPSA) is 51.4 Å². The summed E-state index contributed by atoms with van der Waals surface area (Å²) in [6, 6.07) is 0. The Morgan fingerprint density at radius 3 is 2.94 bits per heavy atom. The molecule has 1 rings (SSSR count). The second-order valence-electron chi connectivity index (χ2n) is 3.18. The summed E-state index contributed by atoms with van der Waals surface area (Å²) in [5, 5.41) is 0.621. The minimum Gasteiger partial charge on any atom is -0.383 e. The van der Waals surface area contributed by atoms with Crippen LogP contribution in [0.15, 0.2) is 18.9 Å². The molecule has 0 aliphatic carbocycles. The van der Waals surface area contributed by atoms with Crippen LogP contribution in [0.3, 0.4) is 0 Å². The van der Waals surface area contributed by atoms with Crippen LogP contribution < -0.4 is 5.73 Å². The lowest BCUT2D eigenvalue weighted by atomic mass is 10.4. The quantitative estimate of drug-likeness (QED) is 0.762.